The van der Waals surface area contributed by atoms with Crippen LogP contribution in [0.15, 0.2) is 29.1 Å². The molecule has 8 heteroatoms. The second-order valence-corrected chi connectivity index (χ2v) is 9.66. The van der Waals surface area contributed by atoms with Crippen LogP contribution < -0.4 is 15.8 Å². The Morgan fingerprint density at radius 2 is 1.94 bits per heavy atom. The van der Waals surface area contributed by atoms with Crippen LogP contribution in [0.5, 0.6) is 0 Å². The van der Waals surface area contributed by atoms with Crippen molar-refractivity contribution in [3.63, 3.8) is 0 Å². The van der Waals surface area contributed by atoms with Gasteiger partial charge in [-0.2, -0.15) is 0 Å². The van der Waals surface area contributed by atoms with Crippen LogP contribution in [-0.2, 0) is 6.54 Å². The molecular weight excluding hydrogens is 410 g/mol. The van der Waals surface area contributed by atoms with Crippen LogP contribution in [0.4, 0.5) is 11.4 Å². The van der Waals surface area contributed by atoms with E-state index in [1.165, 1.54) is 29.9 Å². The third-order valence-corrected chi connectivity index (χ3v) is 6.98. The van der Waals surface area contributed by atoms with Crippen molar-refractivity contribution in [1.29, 1.82) is 0 Å². The van der Waals surface area contributed by atoms with E-state index in [9.17, 15) is 9.59 Å². The molecule has 1 amide bonds. The first-order valence-corrected chi connectivity index (χ1v) is 11.5. The molecule has 7 nitrogen and oxygen atoms in total. The molecule has 0 saturated carbocycles. The minimum atomic E-state index is -0.214. The second kappa shape index (κ2) is 8.80. The first kappa shape index (κ1) is 21.5. The zero-order valence-electron chi connectivity index (χ0n) is 18.5. The van der Waals surface area contributed by atoms with Gasteiger partial charge in [-0.05, 0) is 69.6 Å². The Hall–Kier alpha value is -2.71. The number of piperidine rings is 1. The summed E-state index contributed by atoms with van der Waals surface area (Å²) in [5, 5.41) is 3.46. The topological polar surface area (TPSA) is 81.3 Å². The maximum absolute atomic E-state index is 12.9. The number of nitrogens with one attached hydrogen (secondary N) is 2. The fourth-order valence-electron chi connectivity index (χ4n) is 3.99. The number of nitrogens with zero attached hydrogens (tertiary/aromatic N) is 3. The van der Waals surface area contributed by atoms with Crippen molar-refractivity contribution in [2.24, 2.45) is 5.92 Å². The van der Waals surface area contributed by atoms with E-state index >= 15 is 0 Å². The van der Waals surface area contributed by atoms with E-state index in [1.54, 1.807) is 6.92 Å². The number of H-pyrrole nitrogens is 1. The number of hydrogen-bond acceptors (Lipinski definition) is 6. The number of benzene rings is 1. The summed E-state index contributed by atoms with van der Waals surface area (Å²) < 4.78 is 0. The predicted octanol–water partition coefficient (Wildman–Crippen LogP) is 3.84. The van der Waals surface area contributed by atoms with Gasteiger partial charge in [-0.15, -0.1) is 11.3 Å². The molecule has 1 aromatic carbocycles. The van der Waals surface area contributed by atoms with Gasteiger partial charge in [0.25, 0.3) is 11.5 Å². The van der Waals surface area contributed by atoms with Crippen molar-refractivity contribution in [2.75, 3.05) is 37.4 Å². The molecule has 0 unspecified atom stereocenters. The standard InChI is InChI=1S/C23H29N5O2S/c1-14-9-11-28(12-10-14)17-7-5-16(6-8-17)24-22(30)20-15(2)19-21(29)25-18(13-27(3)4)26-23(19)31-20/h5-8,14H,9-13H2,1-4H3,(H,24,30)(H,25,26,29). The Bertz CT molecular complexity index is 1140. The van der Waals surface area contributed by atoms with Gasteiger partial charge in [0.2, 0.25) is 0 Å². The van der Waals surface area contributed by atoms with Gasteiger partial charge in [0, 0.05) is 24.5 Å². The van der Waals surface area contributed by atoms with Crippen LogP contribution >= 0.6 is 11.3 Å². The quantitative estimate of drug-likeness (QED) is 0.631. The number of anilines is 2. The SMILES string of the molecule is Cc1c(C(=O)Nc2ccc(N3CCC(C)CC3)cc2)sc2nc(CN(C)C)[nH]c(=O)c12. The number of rotatable bonds is 5. The normalized spacial score (nSPS) is 15.1. The van der Waals surface area contributed by atoms with Crippen molar-refractivity contribution in [3.05, 3.63) is 50.9 Å². The first-order valence-electron chi connectivity index (χ1n) is 10.6. The molecule has 1 fully saturated rings. The zero-order valence-corrected chi connectivity index (χ0v) is 19.3. The highest BCUT2D eigenvalue weighted by atomic mass is 32.1. The van der Waals surface area contributed by atoms with Gasteiger partial charge < -0.3 is 20.1 Å². The molecule has 4 rings (SSSR count). The fourth-order valence-corrected chi connectivity index (χ4v) is 5.09. The van der Waals surface area contributed by atoms with Gasteiger partial charge in [0.15, 0.2) is 0 Å². The van der Waals surface area contributed by atoms with E-state index < -0.39 is 0 Å². The Morgan fingerprint density at radius 1 is 1.26 bits per heavy atom. The smallest absolute Gasteiger partial charge is 0.266 e. The highest BCUT2D eigenvalue weighted by Crippen LogP contribution is 2.29. The summed E-state index contributed by atoms with van der Waals surface area (Å²) in [5.41, 5.74) is 2.40. The van der Waals surface area contributed by atoms with E-state index in [2.05, 4.69) is 39.2 Å². The molecule has 3 aromatic rings. The number of aromatic amines is 1. The van der Waals surface area contributed by atoms with Crippen molar-refractivity contribution in [2.45, 2.75) is 33.2 Å². The maximum Gasteiger partial charge on any atom is 0.266 e. The molecule has 1 aliphatic heterocycles. The average molecular weight is 440 g/mol. The molecule has 1 aliphatic rings. The lowest BCUT2D eigenvalue weighted by molar-refractivity contribution is 0.103. The van der Waals surface area contributed by atoms with E-state index in [4.69, 9.17) is 0 Å². The van der Waals surface area contributed by atoms with Crippen LogP contribution in [0.1, 0.15) is 40.8 Å². The predicted molar refractivity (Wildman–Crippen MR) is 127 cm³/mol. The molecular formula is C23H29N5O2S. The molecule has 1 saturated heterocycles. The van der Waals surface area contributed by atoms with Crippen molar-refractivity contribution in [1.82, 2.24) is 14.9 Å². The summed E-state index contributed by atoms with van der Waals surface area (Å²) in [6, 6.07) is 7.99. The van der Waals surface area contributed by atoms with Gasteiger partial charge in [-0.3, -0.25) is 9.59 Å². The minimum absolute atomic E-state index is 0.199. The molecule has 0 radical (unpaired) electrons. The lowest BCUT2D eigenvalue weighted by atomic mass is 9.99. The van der Waals surface area contributed by atoms with Gasteiger partial charge in [0.1, 0.15) is 10.7 Å². The van der Waals surface area contributed by atoms with E-state index in [0.717, 1.165) is 24.7 Å². The molecule has 0 atom stereocenters. The second-order valence-electron chi connectivity index (χ2n) is 8.66. The van der Waals surface area contributed by atoms with Crippen molar-refractivity contribution in [3.8, 4) is 0 Å². The molecule has 0 spiro atoms. The summed E-state index contributed by atoms with van der Waals surface area (Å²) in [5.74, 6) is 1.17. The Kier molecular flexibility index (Phi) is 6.11. The summed E-state index contributed by atoms with van der Waals surface area (Å²) in [7, 11) is 3.83. The number of amides is 1. The van der Waals surface area contributed by atoms with Gasteiger partial charge >= 0.3 is 0 Å². The molecule has 2 aromatic heterocycles. The number of thiophene rings is 1. The molecule has 31 heavy (non-hydrogen) atoms. The van der Waals surface area contributed by atoms with Crippen molar-refractivity contribution >= 4 is 38.8 Å². The highest BCUT2D eigenvalue weighted by Gasteiger charge is 2.20. The number of carbonyl (C=O) groups excluding carboxylic acids is 1. The highest BCUT2D eigenvalue weighted by molar-refractivity contribution is 7.20. The van der Waals surface area contributed by atoms with Crippen LogP contribution in [0.2, 0.25) is 0 Å². The summed E-state index contributed by atoms with van der Waals surface area (Å²) >= 11 is 1.26. The van der Waals surface area contributed by atoms with Crippen LogP contribution in [0, 0.1) is 12.8 Å². The number of fused-ring (bicyclic) bond motifs is 1. The third kappa shape index (κ3) is 4.65. The number of aromatic nitrogens is 2. The van der Waals surface area contributed by atoms with Crippen molar-refractivity contribution < 1.29 is 4.79 Å². The maximum atomic E-state index is 12.9. The van der Waals surface area contributed by atoms with Gasteiger partial charge in [0.05, 0.1) is 16.8 Å². The largest absolute Gasteiger partial charge is 0.372 e. The number of aryl methyl sites for hydroxylation is 1. The minimum Gasteiger partial charge on any atom is -0.372 e. The Labute approximate surface area is 186 Å². The van der Waals surface area contributed by atoms with E-state index in [-0.39, 0.29) is 11.5 Å². The van der Waals surface area contributed by atoms with Crippen LogP contribution in [-0.4, -0.2) is 48.0 Å². The lowest BCUT2D eigenvalue weighted by Crippen LogP contribution is -2.32. The van der Waals surface area contributed by atoms with Gasteiger partial charge in [-0.1, -0.05) is 6.92 Å². The third-order valence-electron chi connectivity index (χ3n) is 5.80. The summed E-state index contributed by atoms with van der Waals surface area (Å²) in [6.07, 6.45) is 2.43. The molecule has 3 heterocycles. The van der Waals surface area contributed by atoms with Gasteiger partial charge in [-0.25, -0.2) is 4.98 Å². The van der Waals surface area contributed by atoms with Crippen LogP contribution in [0.25, 0.3) is 10.2 Å². The Morgan fingerprint density at radius 3 is 2.58 bits per heavy atom. The average Bonchev–Trinajstić information content (AvgIpc) is 3.05. The fraction of sp³-hybridized carbons (Fsp3) is 0.435. The van der Waals surface area contributed by atoms with E-state index in [1.807, 2.05) is 31.1 Å². The summed E-state index contributed by atoms with van der Waals surface area (Å²) in [4.78, 5) is 38.3. The van der Waals surface area contributed by atoms with E-state index in [0.29, 0.717) is 33.0 Å². The molecule has 2 N–H and O–H groups in total. The number of carbonyl (C=O) groups is 1. The molecule has 164 valence electrons. The van der Waals surface area contributed by atoms with Crippen LogP contribution in [0.3, 0.4) is 0 Å². The zero-order chi connectivity index (χ0) is 22.1. The summed E-state index contributed by atoms with van der Waals surface area (Å²) in [6.45, 7) is 6.79. The first-order chi connectivity index (χ1) is 14.8. The monoisotopic (exact) mass is 439 g/mol. The molecule has 0 aliphatic carbocycles. The lowest BCUT2D eigenvalue weighted by Gasteiger charge is -2.32. The molecule has 0 bridgehead atoms. The number of hydrogen-bond donors (Lipinski definition) is 2. The Balaban J connectivity index is 1.52.